The highest BCUT2D eigenvalue weighted by atomic mass is 19.4. The van der Waals surface area contributed by atoms with Crippen molar-refractivity contribution in [2.75, 3.05) is 19.1 Å². The molecule has 1 aromatic heterocycles. The molecule has 264 valence electrons. The maximum Gasteiger partial charge on any atom is 0.419 e. The number of benzene rings is 4. The number of halogens is 3. The second-order valence-corrected chi connectivity index (χ2v) is 13.0. The first kappa shape index (κ1) is 35.1. The fraction of sp³-hybridized carbons (Fsp3) is 0.250. The van der Waals surface area contributed by atoms with Gasteiger partial charge in [0.15, 0.2) is 11.5 Å². The number of methoxy groups -OCH3 is 1. The van der Waals surface area contributed by atoms with Gasteiger partial charge in [0.25, 0.3) is 0 Å². The van der Waals surface area contributed by atoms with Crippen molar-refractivity contribution in [1.29, 1.82) is 0 Å². The summed E-state index contributed by atoms with van der Waals surface area (Å²) >= 11 is 0. The number of alkyl halides is 3. The second kappa shape index (κ2) is 13.5. The Labute approximate surface area is 292 Å². The molecule has 0 bridgehead atoms. The molecule has 0 atom stereocenters. The Bertz CT molecular complexity index is 2250. The minimum absolute atomic E-state index is 0.0505. The van der Waals surface area contributed by atoms with Gasteiger partial charge in [-0.3, -0.25) is 9.69 Å². The summed E-state index contributed by atoms with van der Waals surface area (Å²) in [6, 6.07) is 16.6. The molecule has 1 aliphatic heterocycles. The third kappa shape index (κ3) is 7.15. The van der Waals surface area contributed by atoms with E-state index in [9.17, 15) is 22.8 Å². The van der Waals surface area contributed by atoms with Gasteiger partial charge in [-0.1, -0.05) is 42.0 Å². The Hall–Kier alpha value is -5.71. The van der Waals surface area contributed by atoms with Crippen LogP contribution in [-0.2, 0) is 19.2 Å². The normalized spacial score (nSPS) is 13.4. The highest BCUT2D eigenvalue weighted by Gasteiger charge is 2.31. The topological polar surface area (TPSA) is 87.4 Å². The van der Waals surface area contributed by atoms with Gasteiger partial charge in [0, 0.05) is 30.4 Å². The molecule has 6 rings (SSSR count). The van der Waals surface area contributed by atoms with Crippen molar-refractivity contribution in [3.8, 4) is 23.0 Å². The summed E-state index contributed by atoms with van der Waals surface area (Å²) in [6.07, 6.45) is 0.596. The van der Waals surface area contributed by atoms with Crippen LogP contribution in [0.4, 0.5) is 23.7 Å². The maximum absolute atomic E-state index is 14.7. The number of ether oxygens (including phenoxy) is 4. The van der Waals surface area contributed by atoms with E-state index in [0.29, 0.717) is 28.1 Å². The van der Waals surface area contributed by atoms with Gasteiger partial charge in [-0.15, -0.1) is 0 Å². The summed E-state index contributed by atoms with van der Waals surface area (Å²) in [5.41, 5.74) is 1.29. The van der Waals surface area contributed by atoms with E-state index in [0.717, 1.165) is 17.7 Å². The van der Waals surface area contributed by atoms with Crippen molar-refractivity contribution in [3.63, 3.8) is 0 Å². The van der Waals surface area contributed by atoms with Gasteiger partial charge in [0.05, 0.1) is 23.6 Å². The molecule has 0 saturated heterocycles. The number of fused-ring (bicyclic) bond motifs is 3. The van der Waals surface area contributed by atoms with Gasteiger partial charge in [-0.2, -0.15) is 13.2 Å². The number of anilines is 1. The van der Waals surface area contributed by atoms with E-state index >= 15 is 0 Å². The van der Waals surface area contributed by atoms with E-state index in [1.54, 1.807) is 43.5 Å². The first-order chi connectivity index (χ1) is 24.2. The Balaban J connectivity index is 1.54. The van der Waals surface area contributed by atoms with Crippen LogP contribution in [0.25, 0.3) is 28.0 Å². The van der Waals surface area contributed by atoms with Gasteiger partial charge in [-0.05, 0) is 76.1 Å². The average Bonchev–Trinajstić information content (AvgIpc) is 3.08. The average molecular weight is 700 g/mol. The number of carbonyl (C=O) groups is 1. The Kier molecular flexibility index (Phi) is 9.33. The van der Waals surface area contributed by atoms with E-state index < -0.39 is 28.9 Å². The summed E-state index contributed by atoms with van der Waals surface area (Å²) in [5.74, 6) is 0.761. The number of allylic oxidation sites excluding steroid dienone is 2. The molecule has 0 unspecified atom stereocenters. The van der Waals surface area contributed by atoms with Crippen LogP contribution in [0.1, 0.15) is 49.9 Å². The molecule has 11 heteroatoms. The largest absolute Gasteiger partial charge is 0.493 e. The van der Waals surface area contributed by atoms with E-state index in [1.807, 2.05) is 45.9 Å². The molecule has 2 heterocycles. The van der Waals surface area contributed by atoms with Crippen LogP contribution in [0.15, 0.2) is 93.7 Å². The molecule has 4 aromatic carbocycles. The summed E-state index contributed by atoms with van der Waals surface area (Å²) in [5, 5.41) is 0.295. The number of carbonyl (C=O) groups excluding carboxylic acids is 1. The van der Waals surface area contributed by atoms with Crippen molar-refractivity contribution < 1.29 is 41.3 Å². The first-order valence-electron chi connectivity index (χ1n) is 16.2. The van der Waals surface area contributed by atoms with Crippen LogP contribution in [0.2, 0.25) is 0 Å². The third-order valence-corrected chi connectivity index (χ3v) is 8.45. The minimum atomic E-state index is -4.48. The summed E-state index contributed by atoms with van der Waals surface area (Å²) in [4.78, 5) is 29.4. The summed E-state index contributed by atoms with van der Waals surface area (Å²) in [7, 11) is 3.00. The lowest BCUT2D eigenvalue weighted by Gasteiger charge is -2.29. The number of hydrogen-bond acceptors (Lipinski definition) is 7. The zero-order valence-corrected chi connectivity index (χ0v) is 28.9. The van der Waals surface area contributed by atoms with E-state index in [1.165, 1.54) is 30.2 Å². The van der Waals surface area contributed by atoms with Crippen molar-refractivity contribution >= 4 is 39.8 Å². The van der Waals surface area contributed by atoms with Gasteiger partial charge in [-0.25, -0.2) is 4.79 Å². The molecular formula is C40H36F3NO7. The predicted octanol–water partition coefficient (Wildman–Crippen LogP) is 9.88. The van der Waals surface area contributed by atoms with Crippen molar-refractivity contribution in [2.45, 2.75) is 52.5 Å². The fourth-order valence-corrected chi connectivity index (χ4v) is 5.82. The lowest BCUT2D eigenvalue weighted by molar-refractivity contribution is -0.137. The molecule has 5 aromatic rings. The molecule has 8 nitrogen and oxygen atoms in total. The lowest BCUT2D eigenvalue weighted by atomic mass is 9.97. The highest BCUT2D eigenvalue weighted by molar-refractivity contribution is 6.00. The molecule has 0 aliphatic carbocycles. The van der Waals surface area contributed by atoms with Gasteiger partial charge in [0.2, 0.25) is 5.43 Å². The number of rotatable bonds is 8. The zero-order valence-electron chi connectivity index (χ0n) is 28.9. The molecular weight excluding hydrogens is 663 g/mol. The predicted molar refractivity (Wildman–Crippen MR) is 190 cm³/mol. The van der Waals surface area contributed by atoms with E-state index in [-0.39, 0.29) is 52.2 Å². The highest BCUT2D eigenvalue weighted by Crippen LogP contribution is 2.45. The van der Waals surface area contributed by atoms with Crippen LogP contribution < -0.4 is 29.3 Å². The van der Waals surface area contributed by atoms with Crippen LogP contribution in [0.5, 0.6) is 23.0 Å². The number of amides is 1. The van der Waals surface area contributed by atoms with Crippen LogP contribution in [0, 0.1) is 0 Å². The molecule has 0 saturated carbocycles. The van der Waals surface area contributed by atoms with Crippen LogP contribution >= 0.6 is 0 Å². The number of hydrogen-bond donors (Lipinski definition) is 0. The quantitative estimate of drug-likeness (QED) is 0.118. The second-order valence-electron chi connectivity index (χ2n) is 13.0. The third-order valence-electron chi connectivity index (χ3n) is 8.45. The fourth-order valence-electron chi connectivity index (χ4n) is 5.82. The molecule has 0 spiro atoms. The lowest BCUT2D eigenvalue weighted by Crippen LogP contribution is -2.29. The SMILES string of the molecule is COc1c(OC(=O)N(C)c2ccccc2)cc2oc3cc4c(c(OCc5ccc(C(F)(F)F)cc5)c3c(=O)c2c1CC=C(C)C)C=CC(C)(C)O4. The molecule has 1 amide bonds. The van der Waals surface area contributed by atoms with Gasteiger partial charge < -0.3 is 23.4 Å². The van der Waals surface area contributed by atoms with E-state index in [4.69, 9.17) is 23.4 Å². The van der Waals surface area contributed by atoms with Crippen LogP contribution in [0.3, 0.4) is 0 Å². The summed E-state index contributed by atoms with van der Waals surface area (Å²) in [6.45, 7) is 7.42. The standard InChI is InChI=1S/C40H36F3NO7/c1-23(2)12-17-28-33-30(21-32(36(28)47-6)50-38(46)44(5)26-10-8-7-9-11-26)49-31-20-29-27(18-19-39(3,4)51-29)37(34(31)35(33)45)48-22-24-13-15-25(16-14-24)40(41,42)43/h7-16,18-21H,17,22H2,1-6H3. The first-order valence-corrected chi connectivity index (χ1v) is 16.2. The smallest absolute Gasteiger partial charge is 0.419 e. The molecule has 1 aliphatic rings. The van der Waals surface area contributed by atoms with Gasteiger partial charge >= 0.3 is 12.3 Å². The van der Waals surface area contributed by atoms with Crippen molar-refractivity contribution in [2.24, 2.45) is 0 Å². The molecule has 0 radical (unpaired) electrons. The van der Waals surface area contributed by atoms with Crippen LogP contribution in [-0.4, -0.2) is 25.9 Å². The Morgan fingerprint density at radius 3 is 2.29 bits per heavy atom. The summed E-state index contributed by atoms with van der Waals surface area (Å²) < 4.78 is 70.2. The molecule has 0 fully saturated rings. The monoisotopic (exact) mass is 699 g/mol. The Morgan fingerprint density at radius 1 is 0.961 bits per heavy atom. The maximum atomic E-state index is 14.7. The van der Waals surface area contributed by atoms with Crippen molar-refractivity contribution in [1.82, 2.24) is 0 Å². The van der Waals surface area contributed by atoms with Gasteiger partial charge in [0.1, 0.15) is 40.3 Å². The Morgan fingerprint density at radius 2 is 1.65 bits per heavy atom. The van der Waals surface area contributed by atoms with E-state index in [2.05, 4.69) is 0 Å². The zero-order chi connectivity index (χ0) is 36.7. The number of nitrogens with zero attached hydrogens (tertiary/aromatic N) is 1. The minimum Gasteiger partial charge on any atom is -0.493 e. The van der Waals surface area contributed by atoms with Crippen molar-refractivity contribution in [3.05, 3.63) is 117 Å². The number of para-hydroxylation sites is 1. The molecule has 0 N–H and O–H groups in total. The molecule has 51 heavy (non-hydrogen) atoms.